The van der Waals surface area contributed by atoms with Crippen molar-refractivity contribution in [2.24, 2.45) is 21.5 Å². The highest BCUT2D eigenvalue weighted by atomic mass is 16.3. The van der Waals surface area contributed by atoms with Gasteiger partial charge in [-0.1, -0.05) is 36.4 Å². The first kappa shape index (κ1) is 20.4. The molecule has 0 spiro atoms. The molecule has 3 aromatic rings. The van der Waals surface area contributed by atoms with E-state index in [1.54, 1.807) is 0 Å². The van der Waals surface area contributed by atoms with Crippen LogP contribution in [-0.2, 0) is 0 Å². The third-order valence-electron chi connectivity index (χ3n) is 4.29. The molecule has 0 saturated heterocycles. The van der Waals surface area contributed by atoms with Gasteiger partial charge in [0.15, 0.2) is 0 Å². The largest absolute Gasteiger partial charge is 0.456 e. The normalized spacial score (nSPS) is 12.8. The average Bonchev–Trinajstić information content (AvgIpc) is 3.17. The molecule has 2 aromatic carbocycles. The summed E-state index contributed by atoms with van der Waals surface area (Å²) in [6.07, 6.45) is 0. The van der Waals surface area contributed by atoms with Crippen LogP contribution in [0.15, 0.2) is 75.1 Å². The molecule has 1 heterocycles. The van der Waals surface area contributed by atoms with Gasteiger partial charge in [-0.25, -0.2) is 0 Å². The molecule has 0 radical (unpaired) electrons. The fourth-order valence-electron chi connectivity index (χ4n) is 3.02. The molecule has 0 aliphatic carbocycles. The van der Waals surface area contributed by atoms with Gasteiger partial charge in [0, 0.05) is 34.3 Å². The van der Waals surface area contributed by atoms with Gasteiger partial charge in [-0.05, 0) is 52.0 Å². The van der Waals surface area contributed by atoms with E-state index in [-0.39, 0.29) is 12.1 Å². The van der Waals surface area contributed by atoms with E-state index >= 15 is 0 Å². The Hall–Kier alpha value is -3.34. The minimum atomic E-state index is 0.146. The fraction of sp³-hybridized carbons (Fsp3) is 0.250. The van der Waals surface area contributed by atoms with Crippen molar-refractivity contribution in [2.45, 2.75) is 39.8 Å². The van der Waals surface area contributed by atoms with E-state index in [0.29, 0.717) is 11.7 Å². The van der Waals surface area contributed by atoms with Crippen LogP contribution in [0.1, 0.15) is 38.8 Å². The summed E-state index contributed by atoms with van der Waals surface area (Å²) in [4.78, 5) is 8.84. The maximum Gasteiger partial charge on any atom is 0.134 e. The summed E-state index contributed by atoms with van der Waals surface area (Å²) in [5.41, 5.74) is 15.9. The predicted molar refractivity (Wildman–Crippen MR) is 121 cm³/mol. The van der Waals surface area contributed by atoms with Crippen LogP contribution in [0, 0.1) is 0 Å². The Morgan fingerprint density at radius 1 is 0.690 bits per heavy atom. The summed E-state index contributed by atoms with van der Waals surface area (Å²) in [6, 6.07) is 20.0. The van der Waals surface area contributed by atoms with E-state index in [1.807, 2.05) is 88.4 Å². The summed E-state index contributed by atoms with van der Waals surface area (Å²) in [7, 11) is 0. The standard InChI is InChI=1S/C24H28N4O/c1-15(2)27-23(25)19-9-5-7-17(13-19)21-11-12-22(29-21)18-8-6-10-20(14-18)24(26)28-16(3)4/h5-16H,1-4H3,(H2,25,27)(H2,26,28). The molecule has 0 fully saturated rings. The van der Waals surface area contributed by atoms with Crippen LogP contribution in [0.4, 0.5) is 0 Å². The maximum atomic E-state index is 6.13. The third-order valence-corrected chi connectivity index (χ3v) is 4.29. The van der Waals surface area contributed by atoms with Gasteiger partial charge in [-0.15, -0.1) is 0 Å². The van der Waals surface area contributed by atoms with Crippen LogP contribution in [0.25, 0.3) is 22.6 Å². The maximum absolute atomic E-state index is 6.13. The summed E-state index contributed by atoms with van der Waals surface area (Å²) in [5, 5.41) is 0. The van der Waals surface area contributed by atoms with E-state index < -0.39 is 0 Å². The second kappa shape index (κ2) is 8.78. The van der Waals surface area contributed by atoms with Crippen LogP contribution in [0.2, 0.25) is 0 Å². The van der Waals surface area contributed by atoms with Crippen molar-refractivity contribution in [1.29, 1.82) is 0 Å². The van der Waals surface area contributed by atoms with Gasteiger partial charge >= 0.3 is 0 Å². The Morgan fingerprint density at radius 2 is 1.10 bits per heavy atom. The van der Waals surface area contributed by atoms with Crippen molar-refractivity contribution >= 4 is 11.7 Å². The van der Waals surface area contributed by atoms with E-state index in [4.69, 9.17) is 15.9 Å². The molecule has 0 atom stereocenters. The van der Waals surface area contributed by atoms with Gasteiger partial charge in [0.1, 0.15) is 23.2 Å². The lowest BCUT2D eigenvalue weighted by molar-refractivity contribution is 0.597. The molecular formula is C24H28N4O. The number of benzene rings is 2. The Balaban J connectivity index is 1.91. The lowest BCUT2D eigenvalue weighted by Gasteiger charge is -2.06. The number of hydrogen-bond acceptors (Lipinski definition) is 3. The lowest BCUT2D eigenvalue weighted by atomic mass is 10.1. The third kappa shape index (κ3) is 5.13. The number of nitrogens with zero attached hydrogens (tertiary/aromatic N) is 2. The summed E-state index contributed by atoms with van der Waals surface area (Å²) < 4.78 is 6.13. The van der Waals surface area contributed by atoms with Gasteiger partial charge in [0.25, 0.3) is 0 Å². The van der Waals surface area contributed by atoms with Crippen LogP contribution >= 0.6 is 0 Å². The van der Waals surface area contributed by atoms with E-state index in [2.05, 4.69) is 9.98 Å². The van der Waals surface area contributed by atoms with E-state index in [9.17, 15) is 0 Å². The van der Waals surface area contributed by atoms with Crippen molar-refractivity contribution in [3.05, 3.63) is 71.8 Å². The summed E-state index contributed by atoms with van der Waals surface area (Å²) in [6.45, 7) is 8.01. The highest BCUT2D eigenvalue weighted by Gasteiger charge is 2.10. The van der Waals surface area contributed by atoms with Gasteiger partial charge in [-0.2, -0.15) is 0 Å². The molecule has 0 aliphatic heterocycles. The zero-order valence-corrected chi connectivity index (χ0v) is 17.4. The molecule has 0 aliphatic rings. The molecule has 3 rings (SSSR count). The smallest absolute Gasteiger partial charge is 0.134 e. The first-order valence-electron chi connectivity index (χ1n) is 9.81. The van der Waals surface area contributed by atoms with Crippen LogP contribution in [0.5, 0.6) is 0 Å². The molecule has 4 N–H and O–H groups in total. The highest BCUT2D eigenvalue weighted by molar-refractivity contribution is 5.99. The minimum Gasteiger partial charge on any atom is -0.456 e. The van der Waals surface area contributed by atoms with Crippen LogP contribution in [0.3, 0.4) is 0 Å². The Kier molecular flexibility index (Phi) is 6.17. The summed E-state index contributed by atoms with van der Waals surface area (Å²) in [5.74, 6) is 2.60. The second-order valence-corrected chi connectivity index (χ2v) is 7.54. The van der Waals surface area contributed by atoms with Crippen molar-refractivity contribution in [3.8, 4) is 22.6 Å². The Bertz CT molecular complexity index is 962. The van der Waals surface area contributed by atoms with Crippen molar-refractivity contribution in [3.63, 3.8) is 0 Å². The first-order valence-corrected chi connectivity index (χ1v) is 9.81. The lowest BCUT2D eigenvalue weighted by Crippen LogP contribution is -2.15. The highest BCUT2D eigenvalue weighted by Crippen LogP contribution is 2.29. The van der Waals surface area contributed by atoms with Crippen molar-refractivity contribution in [1.82, 2.24) is 0 Å². The zero-order valence-electron chi connectivity index (χ0n) is 17.4. The topological polar surface area (TPSA) is 89.9 Å². The predicted octanol–water partition coefficient (Wildman–Crippen LogP) is 4.84. The molecule has 29 heavy (non-hydrogen) atoms. The quantitative estimate of drug-likeness (QED) is 0.467. The van der Waals surface area contributed by atoms with Gasteiger partial charge in [-0.3, -0.25) is 9.98 Å². The Labute approximate surface area is 172 Å². The molecule has 0 unspecified atom stereocenters. The minimum absolute atomic E-state index is 0.146. The molecule has 0 amide bonds. The molecule has 0 bridgehead atoms. The number of rotatable bonds is 6. The van der Waals surface area contributed by atoms with Gasteiger partial charge in [0.05, 0.1) is 0 Å². The van der Waals surface area contributed by atoms with Crippen LogP contribution < -0.4 is 11.5 Å². The van der Waals surface area contributed by atoms with E-state index in [0.717, 1.165) is 33.8 Å². The van der Waals surface area contributed by atoms with Gasteiger partial charge < -0.3 is 15.9 Å². The van der Waals surface area contributed by atoms with Gasteiger partial charge in [0.2, 0.25) is 0 Å². The SMILES string of the molecule is CC(C)N=C(N)c1cccc(-c2ccc(-c3cccc(C(N)=NC(C)C)c3)o2)c1. The fourth-order valence-corrected chi connectivity index (χ4v) is 3.02. The average molecular weight is 389 g/mol. The van der Waals surface area contributed by atoms with E-state index in [1.165, 1.54) is 0 Å². The second-order valence-electron chi connectivity index (χ2n) is 7.54. The number of aliphatic imine (C=N–C) groups is 2. The van der Waals surface area contributed by atoms with Crippen LogP contribution in [-0.4, -0.2) is 23.8 Å². The van der Waals surface area contributed by atoms with Crippen molar-refractivity contribution in [2.75, 3.05) is 0 Å². The molecule has 1 aromatic heterocycles. The zero-order chi connectivity index (χ0) is 21.0. The molecule has 0 saturated carbocycles. The number of hydrogen-bond donors (Lipinski definition) is 2. The summed E-state index contributed by atoms with van der Waals surface area (Å²) >= 11 is 0. The molecule has 5 heteroatoms. The number of amidine groups is 2. The number of furan rings is 1. The molecular weight excluding hydrogens is 360 g/mol. The monoisotopic (exact) mass is 388 g/mol. The van der Waals surface area contributed by atoms with Crippen molar-refractivity contribution < 1.29 is 4.42 Å². The first-order chi connectivity index (χ1) is 13.8. The number of nitrogens with two attached hydrogens (primary N) is 2. The molecule has 150 valence electrons. The molecule has 5 nitrogen and oxygen atoms in total. The Morgan fingerprint density at radius 3 is 1.48 bits per heavy atom.